The van der Waals surface area contributed by atoms with Crippen LogP contribution < -0.4 is 5.73 Å². The topological polar surface area (TPSA) is 84.0 Å². The van der Waals surface area contributed by atoms with Crippen molar-refractivity contribution >= 4 is 17.7 Å². The van der Waals surface area contributed by atoms with E-state index in [1.807, 2.05) is 0 Å². The fourth-order valence-corrected chi connectivity index (χ4v) is 0.879. The number of non-ortho nitro benzene ring substituents is 1. The molecule has 71 valence electrons. The Labute approximate surface area is 80.0 Å². The Kier molecular flexibility index (Phi) is 2.96. The summed E-state index contributed by atoms with van der Waals surface area (Å²) in [6.07, 6.45) is 2.51. The summed E-state index contributed by atoms with van der Waals surface area (Å²) in [7, 11) is 0. The van der Waals surface area contributed by atoms with Crippen molar-refractivity contribution in [3.63, 3.8) is 0 Å². The highest BCUT2D eigenvalue weighted by molar-refractivity contribution is 5.89. The van der Waals surface area contributed by atoms with Crippen LogP contribution in [0.25, 0.3) is 6.08 Å². The third-order valence-corrected chi connectivity index (χ3v) is 1.53. The molecule has 0 aliphatic rings. The number of rotatable bonds is 3. The molecule has 1 aromatic carbocycles. The molecule has 0 bridgehead atoms. The molecule has 0 spiro atoms. The van der Waals surface area contributed by atoms with Gasteiger partial charge in [0.1, 0.15) is 0 Å². The minimum atomic E-state index is -0.802. The number of hydrogen-bond donors (Lipinski definition) is 0. The number of hydrogen-bond acceptors (Lipinski definition) is 3. The highest BCUT2D eigenvalue weighted by atomic mass is 16.6. The standard InChI is InChI=1S/C9H7N2O3/c10-9(12)6-3-7-1-4-8(5-2-7)11(13)14/h1-6,10H. The van der Waals surface area contributed by atoms with Crippen molar-refractivity contribution in [1.29, 1.82) is 0 Å². The zero-order valence-corrected chi connectivity index (χ0v) is 7.14. The molecule has 0 unspecified atom stereocenters. The van der Waals surface area contributed by atoms with Crippen LogP contribution in [0, 0.1) is 10.1 Å². The van der Waals surface area contributed by atoms with Gasteiger partial charge in [0.05, 0.1) is 4.92 Å². The second kappa shape index (κ2) is 4.18. The summed E-state index contributed by atoms with van der Waals surface area (Å²) in [4.78, 5) is 20.0. The van der Waals surface area contributed by atoms with Crippen LogP contribution >= 0.6 is 0 Å². The van der Waals surface area contributed by atoms with Crippen LogP contribution in [-0.4, -0.2) is 10.8 Å². The Hall–Kier alpha value is -2.17. The molecule has 1 aromatic rings. The minimum absolute atomic E-state index is 0.000602. The van der Waals surface area contributed by atoms with Gasteiger partial charge in [-0.3, -0.25) is 20.6 Å². The highest BCUT2D eigenvalue weighted by Crippen LogP contribution is 2.12. The van der Waals surface area contributed by atoms with E-state index in [1.165, 1.54) is 30.3 Å². The van der Waals surface area contributed by atoms with Crippen LogP contribution in [0.1, 0.15) is 5.56 Å². The molecular weight excluding hydrogens is 184 g/mol. The quantitative estimate of drug-likeness (QED) is 0.411. The molecule has 0 atom stereocenters. The van der Waals surface area contributed by atoms with Crippen molar-refractivity contribution in [3.8, 4) is 0 Å². The number of benzene rings is 1. The summed E-state index contributed by atoms with van der Waals surface area (Å²) in [5.74, 6) is -0.802. The Balaban J connectivity index is 2.83. The van der Waals surface area contributed by atoms with Gasteiger partial charge < -0.3 is 0 Å². The van der Waals surface area contributed by atoms with Crippen molar-refractivity contribution in [2.75, 3.05) is 0 Å². The molecule has 1 radical (unpaired) electrons. The van der Waals surface area contributed by atoms with E-state index in [2.05, 4.69) is 0 Å². The van der Waals surface area contributed by atoms with Gasteiger partial charge in [-0.25, -0.2) is 0 Å². The van der Waals surface area contributed by atoms with E-state index in [9.17, 15) is 14.9 Å². The maximum Gasteiger partial charge on any atom is 0.269 e. The molecule has 0 heterocycles. The molecule has 1 amide bonds. The lowest BCUT2D eigenvalue weighted by atomic mass is 10.2. The van der Waals surface area contributed by atoms with Crippen molar-refractivity contribution in [1.82, 2.24) is 5.73 Å². The third-order valence-electron chi connectivity index (χ3n) is 1.53. The van der Waals surface area contributed by atoms with E-state index in [-0.39, 0.29) is 5.69 Å². The van der Waals surface area contributed by atoms with Gasteiger partial charge in [-0.1, -0.05) is 0 Å². The van der Waals surface area contributed by atoms with Crippen molar-refractivity contribution in [3.05, 3.63) is 46.0 Å². The first-order chi connectivity index (χ1) is 6.59. The molecule has 1 N–H and O–H groups in total. The van der Waals surface area contributed by atoms with Crippen LogP contribution in [0.2, 0.25) is 0 Å². The zero-order chi connectivity index (χ0) is 10.6. The fourth-order valence-electron chi connectivity index (χ4n) is 0.879. The lowest BCUT2D eigenvalue weighted by molar-refractivity contribution is -0.384. The molecule has 5 heteroatoms. The number of amides is 1. The number of nitro benzene ring substituents is 1. The van der Waals surface area contributed by atoms with E-state index in [1.54, 1.807) is 0 Å². The van der Waals surface area contributed by atoms with Gasteiger partial charge in [-0.05, 0) is 23.8 Å². The smallest absolute Gasteiger partial charge is 0.268 e. The first-order valence-electron chi connectivity index (χ1n) is 3.77. The van der Waals surface area contributed by atoms with Crippen LogP contribution in [0.15, 0.2) is 30.3 Å². The van der Waals surface area contributed by atoms with E-state index in [4.69, 9.17) is 5.73 Å². The van der Waals surface area contributed by atoms with Gasteiger partial charge in [-0.2, -0.15) is 0 Å². The fraction of sp³-hybridized carbons (Fsp3) is 0. The third kappa shape index (κ3) is 2.71. The molecule has 5 nitrogen and oxygen atoms in total. The molecule has 0 aliphatic heterocycles. The van der Waals surface area contributed by atoms with Gasteiger partial charge in [0, 0.05) is 18.2 Å². The Morgan fingerprint density at radius 3 is 2.36 bits per heavy atom. The van der Waals surface area contributed by atoms with Crippen LogP contribution in [0.4, 0.5) is 5.69 Å². The number of nitro groups is 1. The minimum Gasteiger partial charge on any atom is -0.268 e. The molecule has 14 heavy (non-hydrogen) atoms. The van der Waals surface area contributed by atoms with E-state index in [0.717, 1.165) is 6.08 Å². The van der Waals surface area contributed by atoms with E-state index >= 15 is 0 Å². The SMILES string of the molecule is [NH]C(=O)C=Cc1ccc([N+](=O)[O-])cc1. The molecule has 0 aromatic heterocycles. The molecule has 0 saturated carbocycles. The summed E-state index contributed by atoms with van der Waals surface area (Å²) < 4.78 is 0. The highest BCUT2D eigenvalue weighted by Gasteiger charge is 2.01. The average Bonchev–Trinajstić information content (AvgIpc) is 2.15. The van der Waals surface area contributed by atoms with Crippen molar-refractivity contribution in [2.24, 2.45) is 0 Å². The maximum atomic E-state index is 10.3. The first-order valence-corrected chi connectivity index (χ1v) is 3.77. The Bertz CT molecular complexity index is 382. The van der Waals surface area contributed by atoms with Gasteiger partial charge in [-0.15, -0.1) is 0 Å². The summed E-state index contributed by atoms with van der Waals surface area (Å²) in [5.41, 5.74) is 7.25. The number of carbonyl (C=O) groups is 1. The number of nitrogens with one attached hydrogen (secondary N) is 1. The second-order valence-corrected chi connectivity index (χ2v) is 2.55. The van der Waals surface area contributed by atoms with Gasteiger partial charge in [0.25, 0.3) is 11.6 Å². The van der Waals surface area contributed by atoms with E-state index < -0.39 is 10.8 Å². The lowest BCUT2D eigenvalue weighted by Gasteiger charge is -1.92. The predicted octanol–water partition coefficient (Wildman–Crippen LogP) is 1.42. The van der Waals surface area contributed by atoms with Gasteiger partial charge in [0.2, 0.25) is 0 Å². The molecule has 0 aliphatic carbocycles. The van der Waals surface area contributed by atoms with Crippen molar-refractivity contribution < 1.29 is 9.72 Å². The number of nitrogens with zero attached hydrogens (tertiary/aromatic N) is 1. The maximum absolute atomic E-state index is 10.3. The summed E-state index contributed by atoms with van der Waals surface area (Å²) >= 11 is 0. The van der Waals surface area contributed by atoms with Crippen molar-refractivity contribution in [2.45, 2.75) is 0 Å². The normalized spacial score (nSPS) is 10.3. The summed E-state index contributed by atoms with van der Waals surface area (Å²) in [5, 5.41) is 10.3. The lowest BCUT2D eigenvalue weighted by Crippen LogP contribution is -1.90. The van der Waals surface area contributed by atoms with Crippen LogP contribution in [0.5, 0.6) is 0 Å². The monoisotopic (exact) mass is 191 g/mol. The first kappa shape index (κ1) is 9.91. The second-order valence-electron chi connectivity index (χ2n) is 2.55. The van der Waals surface area contributed by atoms with Gasteiger partial charge >= 0.3 is 0 Å². The molecule has 0 saturated heterocycles. The molecule has 1 rings (SSSR count). The van der Waals surface area contributed by atoms with Crippen LogP contribution in [-0.2, 0) is 4.79 Å². The zero-order valence-electron chi connectivity index (χ0n) is 7.14. The van der Waals surface area contributed by atoms with Gasteiger partial charge in [0.15, 0.2) is 0 Å². The van der Waals surface area contributed by atoms with E-state index in [0.29, 0.717) is 5.56 Å². The Morgan fingerprint density at radius 2 is 1.93 bits per heavy atom. The average molecular weight is 191 g/mol. The Morgan fingerprint density at radius 1 is 1.36 bits per heavy atom. The molecule has 0 fully saturated rings. The summed E-state index contributed by atoms with van der Waals surface area (Å²) in [6.45, 7) is 0. The predicted molar refractivity (Wildman–Crippen MR) is 50.2 cm³/mol. The summed E-state index contributed by atoms with van der Waals surface area (Å²) in [6, 6.07) is 5.71. The molecular formula is C9H7N2O3. The number of carbonyl (C=O) groups excluding carboxylic acids is 1. The van der Waals surface area contributed by atoms with Crippen LogP contribution in [0.3, 0.4) is 0 Å². The largest absolute Gasteiger partial charge is 0.269 e.